The first-order valence-electron chi connectivity index (χ1n) is 7.47. The lowest BCUT2D eigenvalue weighted by atomic mass is 9.95. The lowest BCUT2D eigenvalue weighted by Crippen LogP contribution is -2.51. The first-order valence-corrected chi connectivity index (χ1v) is 8.35. The molecule has 0 aromatic carbocycles. The summed E-state index contributed by atoms with van der Waals surface area (Å²) in [4.78, 5) is 7.27. The van der Waals surface area contributed by atoms with E-state index in [1.807, 2.05) is 0 Å². The smallest absolute Gasteiger partial charge is 0.0897 e. The minimum absolute atomic E-state index is 0.315. The third-order valence-electron chi connectivity index (χ3n) is 4.76. The number of hydrogen-bond donors (Lipinski definition) is 1. The molecule has 1 saturated heterocycles. The van der Waals surface area contributed by atoms with Crippen LogP contribution in [0.5, 0.6) is 0 Å². The summed E-state index contributed by atoms with van der Waals surface area (Å²) in [5, 5.41) is 7.21. The van der Waals surface area contributed by atoms with Crippen molar-refractivity contribution in [3.63, 3.8) is 0 Å². The van der Waals surface area contributed by atoms with Gasteiger partial charge in [0.2, 0.25) is 0 Å². The van der Waals surface area contributed by atoms with Crippen LogP contribution in [0, 0.1) is 12.8 Å². The second-order valence-corrected chi connectivity index (χ2v) is 7.58. The average Bonchev–Trinajstić information content (AvgIpc) is 3.14. The van der Waals surface area contributed by atoms with Gasteiger partial charge in [-0.1, -0.05) is 0 Å². The number of aromatic nitrogens is 1. The van der Waals surface area contributed by atoms with Gasteiger partial charge in [-0.25, -0.2) is 4.98 Å². The second-order valence-electron chi connectivity index (χ2n) is 6.52. The van der Waals surface area contributed by atoms with Gasteiger partial charge in [0.1, 0.15) is 0 Å². The van der Waals surface area contributed by atoms with E-state index < -0.39 is 0 Å². The lowest BCUT2D eigenvalue weighted by molar-refractivity contribution is 0.153. The molecule has 2 heterocycles. The summed E-state index contributed by atoms with van der Waals surface area (Å²) in [5.41, 5.74) is 1.56. The lowest BCUT2D eigenvalue weighted by Gasteiger charge is -2.35. The molecule has 2 unspecified atom stereocenters. The number of nitrogens with one attached hydrogen (secondary N) is 1. The minimum atomic E-state index is 0.315. The molecule has 1 aliphatic carbocycles. The molecule has 2 aliphatic rings. The Kier molecular flexibility index (Phi) is 3.67. The summed E-state index contributed by atoms with van der Waals surface area (Å²) in [6.45, 7) is 10.2. The van der Waals surface area contributed by atoms with Crippen LogP contribution in [-0.4, -0.2) is 34.6 Å². The highest BCUT2D eigenvalue weighted by Gasteiger charge is 2.43. The summed E-state index contributed by atoms with van der Waals surface area (Å²) in [6, 6.07) is 0.648. The first-order chi connectivity index (χ1) is 9.07. The number of nitrogens with zero attached hydrogens (tertiary/aromatic N) is 2. The molecule has 106 valence electrons. The van der Waals surface area contributed by atoms with Gasteiger partial charge in [-0.3, -0.25) is 4.90 Å². The minimum Gasteiger partial charge on any atom is -0.310 e. The van der Waals surface area contributed by atoms with Crippen LogP contribution in [0.25, 0.3) is 0 Å². The van der Waals surface area contributed by atoms with Crippen LogP contribution in [0.2, 0.25) is 0 Å². The molecule has 19 heavy (non-hydrogen) atoms. The fraction of sp³-hybridized carbons (Fsp3) is 0.800. The van der Waals surface area contributed by atoms with Gasteiger partial charge in [0.15, 0.2) is 0 Å². The zero-order valence-electron chi connectivity index (χ0n) is 12.3. The predicted molar refractivity (Wildman–Crippen MR) is 80.5 cm³/mol. The van der Waals surface area contributed by atoms with Crippen molar-refractivity contribution in [3.8, 4) is 0 Å². The molecule has 2 atom stereocenters. The van der Waals surface area contributed by atoms with Crippen LogP contribution >= 0.6 is 11.3 Å². The summed E-state index contributed by atoms with van der Waals surface area (Å²) in [5.74, 6) is 0.887. The Bertz CT molecular complexity index is 440. The van der Waals surface area contributed by atoms with E-state index in [4.69, 9.17) is 0 Å². The van der Waals surface area contributed by atoms with Crippen molar-refractivity contribution in [3.05, 3.63) is 16.1 Å². The molecular weight excluding hydrogens is 254 g/mol. The molecule has 1 saturated carbocycles. The van der Waals surface area contributed by atoms with Gasteiger partial charge in [0.25, 0.3) is 0 Å². The van der Waals surface area contributed by atoms with E-state index in [0.29, 0.717) is 11.6 Å². The molecule has 4 heteroatoms. The van der Waals surface area contributed by atoms with Crippen molar-refractivity contribution in [1.29, 1.82) is 0 Å². The molecule has 0 spiro atoms. The second kappa shape index (κ2) is 5.15. The van der Waals surface area contributed by atoms with Crippen molar-refractivity contribution in [2.75, 3.05) is 13.1 Å². The number of aryl methyl sites for hydroxylation is 1. The largest absolute Gasteiger partial charge is 0.310 e. The Morgan fingerprint density at radius 1 is 1.47 bits per heavy atom. The molecule has 1 aliphatic heterocycles. The van der Waals surface area contributed by atoms with Crippen molar-refractivity contribution in [2.24, 2.45) is 5.92 Å². The van der Waals surface area contributed by atoms with Crippen molar-refractivity contribution in [2.45, 2.75) is 58.2 Å². The van der Waals surface area contributed by atoms with Gasteiger partial charge in [0.05, 0.1) is 10.7 Å². The first kappa shape index (κ1) is 13.5. The highest BCUT2D eigenvalue weighted by Crippen LogP contribution is 2.41. The van der Waals surface area contributed by atoms with Crippen LogP contribution in [0.1, 0.15) is 43.8 Å². The molecule has 0 radical (unpaired) electrons. The van der Waals surface area contributed by atoms with Gasteiger partial charge in [0, 0.05) is 30.1 Å². The van der Waals surface area contributed by atoms with E-state index in [9.17, 15) is 0 Å². The molecule has 3 nitrogen and oxygen atoms in total. The maximum absolute atomic E-state index is 4.63. The Morgan fingerprint density at radius 2 is 2.26 bits per heavy atom. The van der Waals surface area contributed by atoms with Gasteiger partial charge < -0.3 is 5.32 Å². The molecule has 1 N–H and O–H groups in total. The van der Waals surface area contributed by atoms with Crippen LogP contribution in [0.3, 0.4) is 0 Å². The molecule has 0 bridgehead atoms. The van der Waals surface area contributed by atoms with E-state index in [0.717, 1.165) is 25.6 Å². The highest BCUT2D eigenvalue weighted by molar-refractivity contribution is 7.09. The standard InChI is InChI=1S/C15H25N3S/c1-11-6-7-16-15(3,13-4-5-13)10-18(11)8-14-9-19-12(2)17-14/h9,11,13,16H,4-8,10H2,1-3H3. The average molecular weight is 279 g/mol. The van der Waals surface area contributed by atoms with Gasteiger partial charge >= 0.3 is 0 Å². The number of hydrogen-bond acceptors (Lipinski definition) is 4. The van der Waals surface area contributed by atoms with E-state index in [1.165, 1.54) is 30.0 Å². The fourth-order valence-corrected chi connectivity index (χ4v) is 3.88. The van der Waals surface area contributed by atoms with E-state index in [-0.39, 0.29) is 0 Å². The summed E-state index contributed by atoms with van der Waals surface area (Å²) >= 11 is 1.76. The molecule has 1 aromatic rings. The van der Waals surface area contributed by atoms with Crippen molar-refractivity contribution < 1.29 is 0 Å². The van der Waals surface area contributed by atoms with Gasteiger partial charge in [-0.15, -0.1) is 11.3 Å². The Labute approximate surface area is 120 Å². The summed E-state index contributed by atoms with van der Waals surface area (Å²) in [7, 11) is 0. The quantitative estimate of drug-likeness (QED) is 0.922. The van der Waals surface area contributed by atoms with Gasteiger partial charge in [-0.05, 0) is 52.5 Å². The predicted octanol–water partition coefficient (Wildman–Crippen LogP) is 2.80. The summed E-state index contributed by atoms with van der Waals surface area (Å²) < 4.78 is 0. The maximum Gasteiger partial charge on any atom is 0.0897 e. The molecule has 3 rings (SSSR count). The van der Waals surface area contributed by atoms with Crippen molar-refractivity contribution in [1.82, 2.24) is 15.2 Å². The van der Waals surface area contributed by atoms with E-state index in [2.05, 4.69) is 41.4 Å². The SMILES string of the molecule is Cc1nc(CN2CC(C)(C3CC3)NCCC2C)cs1. The Hall–Kier alpha value is -0.450. The molecule has 1 aromatic heterocycles. The monoisotopic (exact) mass is 279 g/mol. The topological polar surface area (TPSA) is 28.2 Å². The Morgan fingerprint density at radius 3 is 2.89 bits per heavy atom. The zero-order valence-corrected chi connectivity index (χ0v) is 13.1. The zero-order chi connectivity index (χ0) is 13.5. The van der Waals surface area contributed by atoms with Crippen LogP contribution in [0.4, 0.5) is 0 Å². The van der Waals surface area contributed by atoms with E-state index in [1.54, 1.807) is 11.3 Å². The fourth-order valence-electron chi connectivity index (χ4n) is 3.28. The molecular formula is C15H25N3S. The molecule has 2 fully saturated rings. The van der Waals surface area contributed by atoms with Crippen molar-refractivity contribution >= 4 is 11.3 Å². The normalized spacial score (nSPS) is 33.3. The van der Waals surface area contributed by atoms with Crippen LogP contribution in [-0.2, 0) is 6.54 Å². The highest BCUT2D eigenvalue weighted by atomic mass is 32.1. The maximum atomic E-state index is 4.63. The molecule has 0 amide bonds. The van der Waals surface area contributed by atoms with E-state index >= 15 is 0 Å². The van der Waals surface area contributed by atoms with Gasteiger partial charge in [-0.2, -0.15) is 0 Å². The number of rotatable bonds is 3. The van der Waals surface area contributed by atoms with Crippen LogP contribution in [0.15, 0.2) is 5.38 Å². The Balaban J connectivity index is 1.73. The third kappa shape index (κ3) is 3.01. The van der Waals surface area contributed by atoms with Crippen LogP contribution < -0.4 is 5.32 Å². The third-order valence-corrected chi connectivity index (χ3v) is 5.58. The summed E-state index contributed by atoms with van der Waals surface area (Å²) in [6.07, 6.45) is 4.05. The number of thiazole rings is 1.